The summed E-state index contributed by atoms with van der Waals surface area (Å²) in [6.45, 7) is 0. The molecule has 0 saturated carbocycles. The lowest BCUT2D eigenvalue weighted by molar-refractivity contribution is 1.07. The molecule has 10 rings (SSSR count). The van der Waals surface area contributed by atoms with Crippen LogP contribution in [0.15, 0.2) is 194 Å². The Bertz CT molecular complexity index is 3380. The Kier molecular flexibility index (Phi) is 9.60. The summed E-state index contributed by atoms with van der Waals surface area (Å²) in [4.78, 5) is 14.5. The van der Waals surface area contributed by atoms with Gasteiger partial charge in [-0.05, 0) is 133 Å². The van der Waals surface area contributed by atoms with Gasteiger partial charge >= 0.3 is 0 Å². The largest absolute Gasteiger partial charge is 0.208 e. The molecule has 0 saturated heterocycles. The lowest BCUT2D eigenvalue weighted by atomic mass is 9.87. The van der Waals surface area contributed by atoms with Gasteiger partial charge in [-0.1, -0.05) is 127 Å². The summed E-state index contributed by atoms with van der Waals surface area (Å²) in [5.41, 5.74) is 12.5. The van der Waals surface area contributed by atoms with Crippen molar-refractivity contribution in [2.45, 2.75) is 0 Å². The summed E-state index contributed by atoms with van der Waals surface area (Å²) in [6, 6.07) is 71.5. The van der Waals surface area contributed by atoms with Gasteiger partial charge in [0.1, 0.15) is 0 Å². The molecule has 286 valence electrons. The van der Waals surface area contributed by atoms with E-state index in [2.05, 4.69) is 133 Å². The molecule has 6 heteroatoms. The molecule has 0 radical (unpaired) electrons. The minimum absolute atomic E-state index is 0.481. The van der Waals surface area contributed by atoms with Crippen molar-refractivity contribution in [1.29, 1.82) is 15.8 Å². The Balaban J connectivity index is 0.977. The minimum Gasteiger partial charge on any atom is -0.208 e. The number of nitriles is 3. The fraction of sp³-hybridized carbons (Fsp3) is 0. The van der Waals surface area contributed by atoms with Gasteiger partial charge in [0, 0.05) is 16.7 Å². The maximum Gasteiger partial charge on any atom is 0.164 e. The zero-order chi connectivity index (χ0) is 42.0. The number of fused-ring (bicyclic) bond motifs is 3. The maximum atomic E-state index is 10.0. The summed E-state index contributed by atoms with van der Waals surface area (Å²) in [6.07, 6.45) is 0. The molecule has 0 spiro atoms. The fourth-order valence-electron chi connectivity index (χ4n) is 8.04. The molecular weight excluding hydrogens is 757 g/mol. The molecule has 0 atom stereocenters. The highest BCUT2D eigenvalue weighted by molar-refractivity contribution is 6.09. The molecule has 0 amide bonds. The number of nitrogens with zero attached hydrogens (tertiary/aromatic N) is 6. The Hall–Kier alpha value is -9.02. The van der Waals surface area contributed by atoms with Crippen molar-refractivity contribution in [3.05, 3.63) is 211 Å². The number of aromatic nitrogens is 3. The monoisotopic (exact) mass is 788 g/mol. The number of hydrogen-bond donors (Lipinski definition) is 0. The second kappa shape index (κ2) is 16.0. The van der Waals surface area contributed by atoms with E-state index in [0.717, 1.165) is 61.2 Å². The Morgan fingerprint density at radius 2 is 0.694 bits per heavy atom. The van der Waals surface area contributed by atoms with Crippen LogP contribution >= 0.6 is 0 Å². The molecule has 1 aromatic heterocycles. The molecule has 0 N–H and O–H groups in total. The van der Waals surface area contributed by atoms with Crippen molar-refractivity contribution in [1.82, 2.24) is 15.0 Å². The molecule has 1 heterocycles. The molecule has 10 aromatic rings. The third kappa shape index (κ3) is 7.09. The highest BCUT2D eigenvalue weighted by Gasteiger charge is 2.16. The van der Waals surface area contributed by atoms with E-state index in [1.165, 1.54) is 21.5 Å². The first kappa shape index (κ1) is 37.3. The summed E-state index contributed by atoms with van der Waals surface area (Å²) in [7, 11) is 0. The van der Waals surface area contributed by atoms with E-state index in [1.54, 1.807) is 24.3 Å². The number of hydrogen-bond acceptors (Lipinski definition) is 6. The van der Waals surface area contributed by atoms with Crippen molar-refractivity contribution in [2.75, 3.05) is 0 Å². The van der Waals surface area contributed by atoms with Crippen LogP contribution in [0.4, 0.5) is 0 Å². The van der Waals surface area contributed by atoms with E-state index in [4.69, 9.17) is 15.0 Å². The maximum absolute atomic E-state index is 10.0. The smallest absolute Gasteiger partial charge is 0.164 e. The number of benzene rings is 9. The normalized spacial score (nSPS) is 10.9. The van der Waals surface area contributed by atoms with Gasteiger partial charge < -0.3 is 0 Å². The summed E-state index contributed by atoms with van der Waals surface area (Å²) >= 11 is 0. The van der Waals surface area contributed by atoms with Gasteiger partial charge in [0.2, 0.25) is 0 Å². The predicted octanol–water partition coefficient (Wildman–Crippen LogP) is 13.5. The van der Waals surface area contributed by atoms with Crippen LogP contribution < -0.4 is 0 Å². The van der Waals surface area contributed by atoms with Crippen LogP contribution in [0.1, 0.15) is 16.7 Å². The standard InChI is InChI=1S/C56H32N6/c57-33-36-9-14-43(15-10-36)54-60-55(44-16-11-37(34-58)12-17-44)62-56(61-54)45-25-20-40(21-26-45)39-18-22-42(23-19-39)50-29-13-38(35-59)31-53(50)52-8-4-3-7-49(52)47-28-30-51-46(32-47)27-24-41-5-1-2-6-48(41)51/h1-32H. The molecule has 0 unspecified atom stereocenters. The summed E-state index contributed by atoms with van der Waals surface area (Å²) in [5.74, 6) is 1.47. The minimum atomic E-state index is 0.481. The van der Waals surface area contributed by atoms with Gasteiger partial charge in [0.25, 0.3) is 0 Å². The molecule has 0 fully saturated rings. The first-order chi connectivity index (χ1) is 30.5. The Morgan fingerprint density at radius 3 is 1.27 bits per heavy atom. The summed E-state index contributed by atoms with van der Waals surface area (Å²) < 4.78 is 0. The van der Waals surface area contributed by atoms with Gasteiger partial charge in [-0.15, -0.1) is 0 Å². The third-order valence-corrected chi connectivity index (χ3v) is 11.3. The highest BCUT2D eigenvalue weighted by Crippen LogP contribution is 2.41. The molecule has 62 heavy (non-hydrogen) atoms. The SMILES string of the molecule is N#Cc1ccc(-c2nc(-c3ccc(C#N)cc3)nc(-c3ccc(-c4ccc(-c5ccc(C#N)cc5-c5ccccc5-c5ccc6c(ccc7ccccc76)c5)cc4)cc3)n2)cc1. The Labute approximate surface area is 358 Å². The molecule has 0 aliphatic heterocycles. The van der Waals surface area contributed by atoms with E-state index < -0.39 is 0 Å². The van der Waals surface area contributed by atoms with Crippen molar-refractivity contribution in [3.8, 4) is 96.9 Å². The van der Waals surface area contributed by atoms with Gasteiger partial charge in [0.15, 0.2) is 17.5 Å². The topological polar surface area (TPSA) is 110 Å². The van der Waals surface area contributed by atoms with Crippen LogP contribution in [0, 0.1) is 34.0 Å². The average Bonchev–Trinajstić information content (AvgIpc) is 3.36. The van der Waals surface area contributed by atoms with Crippen LogP contribution in [0.3, 0.4) is 0 Å². The second-order valence-electron chi connectivity index (χ2n) is 15.0. The van der Waals surface area contributed by atoms with Gasteiger partial charge in [-0.25, -0.2) is 15.0 Å². The lowest BCUT2D eigenvalue weighted by Crippen LogP contribution is -2.00. The van der Waals surface area contributed by atoms with Gasteiger partial charge in [-0.3, -0.25) is 0 Å². The molecular formula is C56H32N6. The predicted molar refractivity (Wildman–Crippen MR) is 247 cm³/mol. The molecule has 9 aromatic carbocycles. The van der Waals surface area contributed by atoms with Gasteiger partial charge in [-0.2, -0.15) is 15.8 Å². The van der Waals surface area contributed by atoms with Crippen molar-refractivity contribution < 1.29 is 0 Å². The first-order valence-corrected chi connectivity index (χ1v) is 20.1. The quantitative estimate of drug-likeness (QED) is 0.149. The molecule has 0 aliphatic rings. The third-order valence-electron chi connectivity index (χ3n) is 11.3. The van der Waals surface area contributed by atoms with Crippen LogP contribution in [-0.2, 0) is 0 Å². The lowest BCUT2D eigenvalue weighted by Gasteiger charge is -2.16. The molecule has 6 nitrogen and oxygen atoms in total. The summed E-state index contributed by atoms with van der Waals surface area (Å²) in [5, 5.41) is 33.5. The fourth-order valence-corrected chi connectivity index (χ4v) is 8.04. The van der Waals surface area contributed by atoms with E-state index in [9.17, 15) is 15.8 Å². The van der Waals surface area contributed by atoms with Crippen molar-refractivity contribution in [3.63, 3.8) is 0 Å². The molecule has 0 aliphatic carbocycles. The Morgan fingerprint density at radius 1 is 0.274 bits per heavy atom. The van der Waals surface area contributed by atoms with E-state index in [0.29, 0.717) is 34.2 Å². The molecule has 0 bridgehead atoms. The zero-order valence-corrected chi connectivity index (χ0v) is 33.2. The van der Waals surface area contributed by atoms with Crippen LogP contribution in [0.5, 0.6) is 0 Å². The zero-order valence-electron chi connectivity index (χ0n) is 33.2. The average molecular weight is 789 g/mol. The van der Waals surface area contributed by atoms with E-state index >= 15 is 0 Å². The van der Waals surface area contributed by atoms with Crippen molar-refractivity contribution >= 4 is 21.5 Å². The van der Waals surface area contributed by atoms with E-state index in [1.807, 2.05) is 54.6 Å². The van der Waals surface area contributed by atoms with Crippen LogP contribution in [-0.4, -0.2) is 15.0 Å². The van der Waals surface area contributed by atoms with Gasteiger partial charge in [0.05, 0.1) is 34.9 Å². The second-order valence-corrected chi connectivity index (χ2v) is 15.0. The van der Waals surface area contributed by atoms with E-state index in [-0.39, 0.29) is 0 Å². The highest BCUT2D eigenvalue weighted by atomic mass is 15.0. The first-order valence-electron chi connectivity index (χ1n) is 20.1. The van der Waals surface area contributed by atoms with Crippen LogP contribution in [0.25, 0.3) is 100 Å². The van der Waals surface area contributed by atoms with Crippen LogP contribution in [0.2, 0.25) is 0 Å². The van der Waals surface area contributed by atoms with Crippen molar-refractivity contribution in [2.24, 2.45) is 0 Å². The number of rotatable bonds is 7.